The van der Waals surface area contributed by atoms with Crippen molar-refractivity contribution in [2.24, 2.45) is 0 Å². The summed E-state index contributed by atoms with van der Waals surface area (Å²) in [7, 11) is 0. The minimum absolute atomic E-state index is 0.0307. The third kappa shape index (κ3) is 3.71. The number of nitrogens with one attached hydrogen (secondary N) is 2. The van der Waals surface area contributed by atoms with Crippen LogP contribution in [0.4, 0.5) is 5.82 Å². The van der Waals surface area contributed by atoms with E-state index in [4.69, 9.17) is 4.42 Å². The molecular weight excluding hydrogens is 304 g/mol. The summed E-state index contributed by atoms with van der Waals surface area (Å²) in [6.07, 6.45) is 6.85. The lowest BCUT2D eigenvalue weighted by Gasteiger charge is -2.07. The van der Waals surface area contributed by atoms with Gasteiger partial charge in [0.1, 0.15) is 11.4 Å². The van der Waals surface area contributed by atoms with Gasteiger partial charge in [0.2, 0.25) is 5.91 Å². The lowest BCUT2D eigenvalue weighted by atomic mass is 10.0. The van der Waals surface area contributed by atoms with E-state index in [0.29, 0.717) is 25.3 Å². The number of benzene rings is 1. The molecule has 2 aromatic heterocycles. The van der Waals surface area contributed by atoms with Crippen LogP contribution in [0.5, 0.6) is 0 Å². The maximum atomic E-state index is 12.1. The van der Waals surface area contributed by atoms with Crippen LogP contribution in [0.2, 0.25) is 0 Å². The second kappa shape index (κ2) is 7.12. The molecule has 24 heavy (non-hydrogen) atoms. The minimum Gasteiger partial charge on any atom is -0.464 e. The van der Waals surface area contributed by atoms with E-state index in [9.17, 15) is 4.79 Å². The van der Waals surface area contributed by atoms with Gasteiger partial charge in [-0.25, -0.2) is 4.98 Å². The average Bonchev–Trinajstić information content (AvgIpc) is 2.95. The van der Waals surface area contributed by atoms with Gasteiger partial charge in [0.05, 0.1) is 18.9 Å². The number of rotatable bonds is 6. The van der Waals surface area contributed by atoms with Crippen molar-refractivity contribution in [2.45, 2.75) is 20.3 Å². The molecule has 0 spiro atoms. The fraction of sp³-hybridized carbons (Fsp3) is 0.278. The Morgan fingerprint density at radius 2 is 2.00 bits per heavy atom. The predicted molar refractivity (Wildman–Crippen MR) is 92.9 cm³/mol. The van der Waals surface area contributed by atoms with Crippen molar-refractivity contribution in [1.29, 1.82) is 0 Å². The van der Waals surface area contributed by atoms with Crippen LogP contribution < -0.4 is 10.6 Å². The van der Waals surface area contributed by atoms with E-state index in [1.165, 1.54) is 11.1 Å². The molecule has 0 bridgehead atoms. The number of aromatic nitrogens is 2. The Kier molecular flexibility index (Phi) is 4.74. The first-order valence-corrected chi connectivity index (χ1v) is 7.87. The Labute approximate surface area is 140 Å². The van der Waals surface area contributed by atoms with Crippen LogP contribution in [0, 0.1) is 13.8 Å². The van der Waals surface area contributed by atoms with Crippen molar-refractivity contribution in [3.8, 4) is 0 Å². The zero-order valence-corrected chi connectivity index (χ0v) is 13.8. The maximum Gasteiger partial charge on any atom is 0.224 e. The molecule has 0 fully saturated rings. The zero-order chi connectivity index (χ0) is 16.9. The van der Waals surface area contributed by atoms with E-state index in [-0.39, 0.29) is 5.91 Å². The summed E-state index contributed by atoms with van der Waals surface area (Å²) in [5, 5.41) is 6.99. The Hall–Kier alpha value is -2.89. The van der Waals surface area contributed by atoms with Gasteiger partial charge < -0.3 is 15.1 Å². The van der Waals surface area contributed by atoms with Gasteiger partial charge in [0, 0.05) is 36.4 Å². The molecule has 6 heteroatoms. The molecular formula is C18H20N4O2. The van der Waals surface area contributed by atoms with E-state index in [1.54, 1.807) is 24.9 Å². The fourth-order valence-corrected chi connectivity index (χ4v) is 2.49. The molecule has 0 saturated heterocycles. The van der Waals surface area contributed by atoms with Gasteiger partial charge in [-0.1, -0.05) is 0 Å². The van der Waals surface area contributed by atoms with E-state index < -0.39 is 0 Å². The number of hydrogen-bond donors (Lipinski definition) is 2. The summed E-state index contributed by atoms with van der Waals surface area (Å²) in [5.41, 5.74) is 4.11. The molecule has 0 radical (unpaired) electrons. The Balaban J connectivity index is 1.53. The standard InChI is InChI=1S/C18H20N4O2/c1-12-7-15-14(11-24-16(15)8-13(12)2)9-18(23)22-6-5-21-17-10-19-3-4-20-17/h3-4,7-8,10-11H,5-6,9H2,1-2H3,(H,20,21)(H,22,23). The number of nitrogens with zero attached hydrogens (tertiary/aromatic N) is 2. The Morgan fingerprint density at radius 3 is 2.79 bits per heavy atom. The predicted octanol–water partition coefficient (Wildman–Crippen LogP) is 2.61. The number of amides is 1. The number of hydrogen-bond acceptors (Lipinski definition) is 5. The van der Waals surface area contributed by atoms with Crippen molar-refractivity contribution >= 4 is 22.7 Å². The summed E-state index contributed by atoms with van der Waals surface area (Å²) in [6, 6.07) is 4.09. The molecule has 0 aliphatic heterocycles. The summed E-state index contributed by atoms with van der Waals surface area (Å²) in [4.78, 5) is 20.2. The van der Waals surface area contributed by atoms with Gasteiger partial charge >= 0.3 is 0 Å². The summed E-state index contributed by atoms with van der Waals surface area (Å²) >= 11 is 0. The normalized spacial score (nSPS) is 10.8. The second-order valence-corrected chi connectivity index (χ2v) is 5.74. The number of aryl methyl sites for hydroxylation is 2. The minimum atomic E-state index is -0.0307. The molecule has 0 aliphatic carbocycles. The number of anilines is 1. The highest BCUT2D eigenvalue weighted by molar-refractivity contribution is 5.88. The van der Waals surface area contributed by atoms with Crippen LogP contribution in [0.1, 0.15) is 16.7 Å². The van der Waals surface area contributed by atoms with E-state index >= 15 is 0 Å². The highest BCUT2D eigenvalue weighted by Crippen LogP contribution is 2.25. The summed E-state index contributed by atoms with van der Waals surface area (Å²) in [6.45, 7) is 5.22. The first-order valence-electron chi connectivity index (χ1n) is 7.87. The van der Waals surface area contributed by atoms with E-state index in [0.717, 1.165) is 16.5 Å². The number of furan rings is 1. The van der Waals surface area contributed by atoms with Crippen molar-refractivity contribution < 1.29 is 9.21 Å². The Morgan fingerprint density at radius 1 is 1.17 bits per heavy atom. The van der Waals surface area contributed by atoms with Gasteiger partial charge in [0.15, 0.2) is 0 Å². The molecule has 0 unspecified atom stereocenters. The molecule has 0 atom stereocenters. The molecule has 2 N–H and O–H groups in total. The Bertz CT molecular complexity index is 843. The van der Waals surface area contributed by atoms with Gasteiger partial charge in [-0.15, -0.1) is 0 Å². The van der Waals surface area contributed by atoms with E-state index in [1.807, 2.05) is 13.0 Å². The smallest absolute Gasteiger partial charge is 0.224 e. The molecule has 0 saturated carbocycles. The van der Waals surface area contributed by atoms with Crippen molar-refractivity contribution in [3.05, 3.63) is 53.7 Å². The molecule has 1 aromatic carbocycles. The summed E-state index contributed by atoms with van der Waals surface area (Å²) in [5.74, 6) is 0.662. The quantitative estimate of drug-likeness (QED) is 0.681. The monoisotopic (exact) mass is 324 g/mol. The molecule has 124 valence electrons. The lowest BCUT2D eigenvalue weighted by molar-refractivity contribution is -0.120. The molecule has 6 nitrogen and oxygen atoms in total. The van der Waals surface area contributed by atoms with Crippen LogP contribution in [0.15, 0.2) is 41.4 Å². The summed E-state index contributed by atoms with van der Waals surface area (Å²) < 4.78 is 5.56. The number of fused-ring (bicyclic) bond motifs is 1. The molecule has 1 amide bonds. The topological polar surface area (TPSA) is 80.0 Å². The first-order chi connectivity index (χ1) is 11.6. The third-order valence-electron chi connectivity index (χ3n) is 3.94. The lowest BCUT2D eigenvalue weighted by Crippen LogP contribution is -2.30. The average molecular weight is 324 g/mol. The highest BCUT2D eigenvalue weighted by atomic mass is 16.3. The van der Waals surface area contributed by atoms with Gasteiger partial charge in [0.25, 0.3) is 0 Å². The number of carbonyl (C=O) groups is 1. The fourth-order valence-electron chi connectivity index (χ4n) is 2.49. The number of carbonyl (C=O) groups excluding carboxylic acids is 1. The first kappa shape index (κ1) is 16.0. The highest BCUT2D eigenvalue weighted by Gasteiger charge is 2.11. The van der Waals surface area contributed by atoms with Gasteiger partial charge in [-0.2, -0.15) is 0 Å². The zero-order valence-electron chi connectivity index (χ0n) is 13.8. The van der Waals surface area contributed by atoms with Crippen LogP contribution in [0.3, 0.4) is 0 Å². The van der Waals surface area contributed by atoms with Gasteiger partial charge in [-0.3, -0.25) is 9.78 Å². The van der Waals surface area contributed by atoms with Crippen molar-refractivity contribution in [2.75, 3.05) is 18.4 Å². The molecule has 3 rings (SSSR count). The van der Waals surface area contributed by atoms with Crippen LogP contribution in [-0.2, 0) is 11.2 Å². The van der Waals surface area contributed by atoms with E-state index in [2.05, 4.69) is 33.6 Å². The van der Waals surface area contributed by atoms with Crippen LogP contribution >= 0.6 is 0 Å². The largest absolute Gasteiger partial charge is 0.464 e. The van der Waals surface area contributed by atoms with Crippen molar-refractivity contribution in [3.63, 3.8) is 0 Å². The van der Waals surface area contributed by atoms with Gasteiger partial charge in [-0.05, 0) is 37.1 Å². The molecule has 2 heterocycles. The van der Waals surface area contributed by atoms with Crippen molar-refractivity contribution in [1.82, 2.24) is 15.3 Å². The maximum absolute atomic E-state index is 12.1. The SMILES string of the molecule is Cc1cc2occ(CC(=O)NCCNc3cnccn3)c2cc1C. The van der Waals surface area contributed by atoms with Crippen LogP contribution in [-0.4, -0.2) is 29.0 Å². The van der Waals surface area contributed by atoms with Crippen LogP contribution in [0.25, 0.3) is 11.0 Å². The second-order valence-electron chi connectivity index (χ2n) is 5.74. The molecule has 3 aromatic rings. The third-order valence-corrected chi connectivity index (χ3v) is 3.94. The molecule has 0 aliphatic rings.